The highest BCUT2D eigenvalue weighted by molar-refractivity contribution is 6.30. The molecule has 23 heavy (non-hydrogen) atoms. The van der Waals surface area contributed by atoms with Gasteiger partial charge in [-0.3, -0.25) is 9.36 Å². The standard InChI is InChI=1S/C17H15ClF2N2O/c1-9-6-15(23)22(12-4-2-11(18)3-5-12)16(21-9)10-7-13-14(8-10)17(13,19)20/h2-6,10,13-14H,7-8H2,1H3. The van der Waals surface area contributed by atoms with Crippen LogP contribution in [0.4, 0.5) is 8.78 Å². The number of rotatable bonds is 2. The Morgan fingerprint density at radius 2 is 1.83 bits per heavy atom. The van der Waals surface area contributed by atoms with Crippen molar-refractivity contribution in [2.45, 2.75) is 31.6 Å². The molecule has 1 aromatic carbocycles. The number of fused-ring (bicyclic) bond motifs is 1. The Hall–Kier alpha value is -1.75. The van der Waals surface area contributed by atoms with Crippen LogP contribution in [-0.2, 0) is 0 Å². The number of hydrogen-bond acceptors (Lipinski definition) is 2. The molecule has 2 fully saturated rings. The first-order valence-electron chi connectivity index (χ1n) is 7.62. The zero-order valence-electron chi connectivity index (χ0n) is 12.5. The minimum absolute atomic E-state index is 0.104. The molecule has 0 N–H and O–H groups in total. The Balaban J connectivity index is 1.78. The van der Waals surface area contributed by atoms with E-state index >= 15 is 0 Å². The van der Waals surface area contributed by atoms with Crippen molar-refractivity contribution in [3.63, 3.8) is 0 Å². The lowest BCUT2D eigenvalue weighted by atomic mass is 10.0. The van der Waals surface area contributed by atoms with E-state index in [2.05, 4.69) is 4.98 Å². The molecule has 6 heteroatoms. The van der Waals surface area contributed by atoms with Gasteiger partial charge in [-0.2, -0.15) is 0 Å². The average molecular weight is 337 g/mol. The van der Waals surface area contributed by atoms with E-state index in [1.165, 1.54) is 10.6 Å². The third-order valence-electron chi connectivity index (χ3n) is 4.96. The zero-order chi connectivity index (χ0) is 16.4. The van der Waals surface area contributed by atoms with Crippen LogP contribution in [0.1, 0.15) is 30.3 Å². The molecule has 0 bridgehead atoms. The minimum atomic E-state index is -2.52. The summed E-state index contributed by atoms with van der Waals surface area (Å²) in [5, 5.41) is 0.574. The summed E-state index contributed by atoms with van der Waals surface area (Å²) in [6.07, 6.45) is 0.780. The van der Waals surface area contributed by atoms with Gasteiger partial charge in [0.25, 0.3) is 11.5 Å². The first kappa shape index (κ1) is 14.8. The monoisotopic (exact) mass is 336 g/mol. The van der Waals surface area contributed by atoms with Gasteiger partial charge in [-0.1, -0.05) is 11.6 Å². The molecule has 0 aliphatic heterocycles. The van der Waals surface area contributed by atoms with Gasteiger partial charge in [0.15, 0.2) is 0 Å². The van der Waals surface area contributed by atoms with Crippen LogP contribution in [0.5, 0.6) is 0 Å². The fourth-order valence-corrected chi connectivity index (χ4v) is 3.89. The van der Waals surface area contributed by atoms with Gasteiger partial charge in [-0.25, -0.2) is 13.8 Å². The maximum atomic E-state index is 13.5. The van der Waals surface area contributed by atoms with Crippen molar-refractivity contribution < 1.29 is 8.78 Å². The van der Waals surface area contributed by atoms with Crippen LogP contribution in [-0.4, -0.2) is 15.5 Å². The quantitative estimate of drug-likeness (QED) is 0.832. The summed E-state index contributed by atoms with van der Waals surface area (Å²) in [6.45, 7) is 1.75. The Kier molecular flexibility index (Phi) is 3.14. The van der Waals surface area contributed by atoms with Crippen molar-refractivity contribution in [3.8, 4) is 5.69 Å². The summed E-state index contributed by atoms with van der Waals surface area (Å²) in [5.41, 5.74) is 1.08. The molecule has 2 aliphatic carbocycles. The summed E-state index contributed by atoms with van der Waals surface area (Å²) in [7, 11) is 0. The molecule has 3 nitrogen and oxygen atoms in total. The molecule has 120 valence electrons. The van der Waals surface area contributed by atoms with Gasteiger partial charge >= 0.3 is 0 Å². The first-order chi connectivity index (χ1) is 10.9. The fourth-order valence-electron chi connectivity index (χ4n) is 3.77. The van der Waals surface area contributed by atoms with E-state index in [0.29, 0.717) is 35.1 Å². The third kappa shape index (κ3) is 2.29. The molecule has 1 heterocycles. The van der Waals surface area contributed by atoms with Crippen molar-refractivity contribution in [2.75, 3.05) is 0 Å². The van der Waals surface area contributed by atoms with Crippen LogP contribution in [0.15, 0.2) is 35.1 Å². The smallest absolute Gasteiger partial charge is 0.258 e. The summed E-state index contributed by atoms with van der Waals surface area (Å²) >= 11 is 5.90. The topological polar surface area (TPSA) is 34.9 Å². The average Bonchev–Trinajstić information content (AvgIpc) is 2.87. The number of aryl methyl sites for hydroxylation is 1. The van der Waals surface area contributed by atoms with E-state index in [9.17, 15) is 13.6 Å². The van der Waals surface area contributed by atoms with Crippen molar-refractivity contribution in [1.29, 1.82) is 0 Å². The van der Waals surface area contributed by atoms with E-state index in [0.717, 1.165) is 0 Å². The predicted molar refractivity (Wildman–Crippen MR) is 83.5 cm³/mol. The van der Waals surface area contributed by atoms with Gasteiger partial charge in [0.05, 0.1) is 5.69 Å². The van der Waals surface area contributed by atoms with Crippen molar-refractivity contribution in [3.05, 3.63) is 57.2 Å². The van der Waals surface area contributed by atoms with E-state index in [1.807, 2.05) is 0 Å². The number of alkyl halides is 2. The van der Waals surface area contributed by atoms with Gasteiger partial charge in [0.2, 0.25) is 0 Å². The normalized spacial score (nSPS) is 27.7. The molecule has 0 radical (unpaired) electrons. The first-order valence-corrected chi connectivity index (χ1v) is 8.00. The molecule has 0 spiro atoms. The van der Waals surface area contributed by atoms with Crippen molar-refractivity contribution in [1.82, 2.24) is 9.55 Å². The lowest BCUT2D eigenvalue weighted by Crippen LogP contribution is -2.26. The maximum Gasteiger partial charge on any atom is 0.258 e. The van der Waals surface area contributed by atoms with Crippen LogP contribution in [0.3, 0.4) is 0 Å². The highest BCUT2D eigenvalue weighted by Gasteiger charge is 2.71. The summed E-state index contributed by atoms with van der Waals surface area (Å²) in [4.78, 5) is 17.0. The Morgan fingerprint density at radius 3 is 2.43 bits per heavy atom. The predicted octanol–water partition coefficient (Wildman–Crippen LogP) is 3.95. The molecule has 2 aliphatic rings. The van der Waals surface area contributed by atoms with E-state index in [4.69, 9.17) is 11.6 Å². The van der Waals surface area contributed by atoms with Crippen LogP contribution < -0.4 is 5.56 Å². The maximum absolute atomic E-state index is 13.5. The van der Waals surface area contributed by atoms with Crippen LogP contribution in [0.2, 0.25) is 5.02 Å². The van der Waals surface area contributed by atoms with E-state index < -0.39 is 17.8 Å². The van der Waals surface area contributed by atoms with Crippen LogP contribution >= 0.6 is 11.6 Å². The second-order valence-corrected chi connectivity index (χ2v) is 6.90. The fraction of sp³-hybridized carbons (Fsp3) is 0.412. The highest BCUT2D eigenvalue weighted by Crippen LogP contribution is 2.67. The molecule has 2 unspecified atom stereocenters. The summed E-state index contributed by atoms with van der Waals surface area (Å²) in [5.74, 6) is -3.15. The Labute approximate surface area is 136 Å². The number of halogens is 3. The SMILES string of the molecule is Cc1cc(=O)n(-c2ccc(Cl)cc2)c(C2CC3C(C2)C3(F)F)n1. The molecule has 2 aromatic rings. The van der Waals surface area contributed by atoms with Gasteiger partial charge in [0.1, 0.15) is 5.82 Å². The number of hydrogen-bond donors (Lipinski definition) is 0. The summed E-state index contributed by atoms with van der Waals surface area (Å²) in [6, 6.07) is 8.35. The molecule has 2 saturated carbocycles. The van der Waals surface area contributed by atoms with Gasteiger partial charge in [-0.15, -0.1) is 0 Å². The molecule has 0 amide bonds. The lowest BCUT2D eigenvalue weighted by Gasteiger charge is -2.19. The van der Waals surface area contributed by atoms with Crippen LogP contribution in [0, 0.1) is 18.8 Å². The lowest BCUT2D eigenvalue weighted by molar-refractivity contribution is 0.0689. The van der Waals surface area contributed by atoms with Crippen molar-refractivity contribution in [2.24, 2.45) is 11.8 Å². The Morgan fingerprint density at radius 1 is 1.22 bits per heavy atom. The number of aromatic nitrogens is 2. The molecular weight excluding hydrogens is 322 g/mol. The Bertz CT molecular complexity index is 817. The van der Waals surface area contributed by atoms with Gasteiger partial charge in [-0.05, 0) is 44.0 Å². The second-order valence-electron chi connectivity index (χ2n) is 6.46. The van der Waals surface area contributed by atoms with Gasteiger partial charge in [0, 0.05) is 34.5 Å². The molecule has 2 atom stereocenters. The number of nitrogens with zero attached hydrogens (tertiary/aromatic N) is 2. The van der Waals surface area contributed by atoms with E-state index in [-0.39, 0.29) is 11.5 Å². The van der Waals surface area contributed by atoms with Crippen molar-refractivity contribution >= 4 is 11.6 Å². The van der Waals surface area contributed by atoms with E-state index in [1.54, 1.807) is 31.2 Å². The van der Waals surface area contributed by atoms with Gasteiger partial charge < -0.3 is 0 Å². The van der Waals surface area contributed by atoms with Crippen LogP contribution in [0.25, 0.3) is 5.69 Å². The third-order valence-corrected chi connectivity index (χ3v) is 5.22. The number of benzene rings is 1. The summed E-state index contributed by atoms with van der Waals surface area (Å²) < 4.78 is 28.4. The highest BCUT2D eigenvalue weighted by atomic mass is 35.5. The molecule has 0 saturated heterocycles. The molecular formula is C17H15ClF2N2O. The minimum Gasteiger partial charge on any atom is -0.269 e. The molecule has 4 rings (SSSR count). The zero-order valence-corrected chi connectivity index (χ0v) is 13.2. The molecule has 1 aromatic heterocycles. The second kappa shape index (κ2) is 4.87. The largest absolute Gasteiger partial charge is 0.269 e.